The maximum Gasteiger partial charge on any atom is 0.433 e. The van der Waals surface area contributed by atoms with Crippen molar-refractivity contribution in [2.75, 3.05) is 37.3 Å². The molecule has 1 spiro atoms. The van der Waals surface area contributed by atoms with Crippen LogP contribution in [0.2, 0.25) is 0 Å². The number of hydrogen-bond donors (Lipinski definition) is 6. The number of thiazole rings is 1. The van der Waals surface area contributed by atoms with E-state index >= 15 is 0 Å². The van der Waals surface area contributed by atoms with Crippen LogP contribution in [0.15, 0.2) is 48.5 Å². The number of carbonyl (C=O) groups is 5. The van der Waals surface area contributed by atoms with Gasteiger partial charge in [-0.15, -0.1) is 11.3 Å². The molecule has 0 radical (unpaired) electrons. The van der Waals surface area contributed by atoms with Crippen LogP contribution in [-0.4, -0.2) is 87.4 Å². The summed E-state index contributed by atoms with van der Waals surface area (Å²) in [5.74, 6) is -2.53. The Bertz CT molecular complexity index is 2400. The van der Waals surface area contributed by atoms with Crippen molar-refractivity contribution in [2.45, 2.75) is 102 Å². The third-order valence-corrected chi connectivity index (χ3v) is 13.4. The van der Waals surface area contributed by atoms with Crippen molar-refractivity contribution < 1.29 is 47.4 Å². The summed E-state index contributed by atoms with van der Waals surface area (Å²) in [6.07, 6.45) is 4.87. The van der Waals surface area contributed by atoms with E-state index in [1.165, 1.54) is 57.3 Å². The minimum atomic E-state index is -4.65. The fraction of sp³-hybridized carbons (Fsp3) is 0.489. The highest BCUT2D eigenvalue weighted by atomic mass is 32.1. The van der Waals surface area contributed by atoms with Gasteiger partial charge < -0.3 is 31.1 Å². The fourth-order valence-corrected chi connectivity index (χ4v) is 10.5. The molecule has 336 valence electrons. The number of halogens is 3. The molecule has 2 saturated carbocycles. The van der Waals surface area contributed by atoms with Gasteiger partial charge in [0.2, 0.25) is 11.8 Å². The predicted octanol–water partition coefficient (Wildman–Crippen LogP) is 7.30. The second kappa shape index (κ2) is 18.3. The Labute approximate surface area is 366 Å². The molecule has 2 aromatic heterocycles. The van der Waals surface area contributed by atoms with E-state index in [9.17, 15) is 47.4 Å². The molecule has 2 saturated heterocycles. The Kier molecular flexibility index (Phi) is 13.3. The molecule has 0 bridgehead atoms. The van der Waals surface area contributed by atoms with E-state index in [4.69, 9.17) is 4.98 Å². The van der Waals surface area contributed by atoms with Crippen LogP contribution in [0.5, 0.6) is 0 Å². The van der Waals surface area contributed by atoms with Gasteiger partial charge in [0.05, 0.1) is 32.0 Å². The number of amides is 4. The van der Waals surface area contributed by atoms with Crippen molar-refractivity contribution >= 4 is 62.5 Å². The van der Waals surface area contributed by atoms with Crippen LogP contribution in [0, 0.1) is 11.3 Å². The maximum absolute atomic E-state index is 13.0. The molecule has 63 heavy (non-hydrogen) atoms. The first kappa shape index (κ1) is 45.6. The normalized spacial score (nSPS) is 19.3. The van der Waals surface area contributed by atoms with E-state index in [2.05, 4.69) is 38.2 Å². The Morgan fingerprint density at radius 1 is 0.952 bits per heavy atom. The predicted molar refractivity (Wildman–Crippen MR) is 231 cm³/mol. The van der Waals surface area contributed by atoms with Gasteiger partial charge in [-0.1, -0.05) is 31.4 Å². The number of aliphatic hydroxyl groups is 1. The van der Waals surface area contributed by atoms with Gasteiger partial charge in [0.1, 0.15) is 17.4 Å². The molecule has 4 amide bonds. The number of anilines is 2. The standard InChI is InChI=1S/C23H24F3N3O2S.C22H28N4O5/c1-22(2,31)14-11-17-18(32-21(29-17)13-7-4-3-5-8-13)12-16(14)28-20(30)15-9-6-10-19(27-15)23(24,25)26;1-26-11-22(12-26)9-13(10-22)7-8-23-15-4-2-3-14(18(15)21(30)31)19(28)24-16-5-6-17(27)25-20(16)29/h6,9-13,31H,3-5,7-8H2,1-2H3,(H,28,30);2-4,13,16,23H,5-12H2,1H3,(H,24,28)(H,30,31)(H,25,27,29). The van der Waals surface area contributed by atoms with E-state index in [1.807, 2.05) is 0 Å². The minimum absolute atomic E-state index is 0.0118. The molecule has 14 nitrogen and oxygen atoms in total. The number of fused-ring (bicyclic) bond motifs is 1. The van der Waals surface area contributed by atoms with E-state index < -0.39 is 47.2 Å². The molecule has 18 heteroatoms. The number of carbonyl (C=O) groups excluding carboxylic acids is 4. The van der Waals surface area contributed by atoms with Gasteiger partial charge in [-0.25, -0.2) is 14.8 Å². The number of aromatic nitrogens is 2. The van der Waals surface area contributed by atoms with Crippen molar-refractivity contribution in [1.29, 1.82) is 0 Å². The lowest BCUT2D eigenvalue weighted by Gasteiger charge is -2.58. The zero-order valence-electron chi connectivity index (χ0n) is 35.4. The van der Waals surface area contributed by atoms with Crippen molar-refractivity contribution in [2.24, 2.45) is 11.3 Å². The summed E-state index contributed by atoms with van der Waals surface area (Å²) in [6.45, 7) is 6.14. The number of pyridine rings is 1. The molecular weight excluding hydrogens is 840 g/mol. The second-order valence-electron chi connectivity index (χ2n) is 17.8. The molecule has 1 atom stereocenters. The first-order valence-electron chi connectivity index (χ1n) is 21.2. The zero-order valence-corrected chi connectivity index (χ0v) is 36.2. The van der Waals surface area contributed by atoms with Crippen LogP contribution in [0.4, 0.5) is 24.5 Å². The molecule has 1 unspecified atom stereocenters. The Hall–Kier alpha value is -5.46. The highest BCUT2D eigenvalue weighted by molar-refractivity contribution is 7.18. The van der Waals surface area contributed by atoms with Gasteiger partial charge in [-0.05, 0) is 107 Å². The number of likely N-dealkylation sites (tertiary alicyclic amines) is 1. The Morgan fingerprint density at radius 3 is 2.32 bits per heavy atom. The number of aromatic carboxylic acids is 1. The number of hydrogen-bond acceptors (Lipinski definition) is 11. The third-order valence-electron chi connectivity index (χ3n) is 12.3. The molecule has 4 fully saturated rings. The molecule has 2 aliphatic heterocycles. The topological polar surface area (TPSA) is 203 Å². The van der Waals surface area contributed by atoms with E-state index in [-0.39, 0.29) is 35.6 Å². The highest BCUT2D eigenvalue weighted by Gasteiger charge is 2.50. The highest BCUT2D eigenvalue weighted by Crippen LogP contribution is 2.52. The quantitative estimate of drug-likeness (QED) is 0.0825. The number of imide groups is 1. The fourth-order valence-electron chi connectivity index (χ4n) is 9.35. The molecule has 4 heterocycles. The summed E-state index contributed by atoms with van der Waals surface area (Å²) in [6, 6.07) is 10.5. The number of carboxylic acid groups (broad SMARTS) is 1. The molecule has 4 aromatic rings. The number of carboxylic acids is 1. The van der Waals surface area contributed by atoms with Crippen LogP contribution in [0.3, 0.4) is 0 Å². The SMILES string of the molecule is CC(C)(O)c1cc2nc(C3CCCCC3)sc2cc1NC(=O)c1cccc(C(F)(F)F)n1.CN1CC2(CC(CCNc3cccc(C(=O)NC4CCC(=O)NC4=O)c3C(=O)O)C2)C1. The van der Waals surface area contributed by atoms with Gasteiger partial charge in [-0.3, -0.25) is 24.5 Å². The first-order chi connectivity index (χ1) is 29.8. The van der Waals surface area contributed by atoms with Gasteiger partial charge in [0.15, 0.2) is 0 Å². The van der Waals surface area contributed by atoms with Crippen molar-refractivity contribution in [1.82, 2.24) is 25.5 Å². The minimum Gasteiger partial charge on any atom is -0.478 e. The Morgan fingerprint density at radius 2 is 1.67 bits per heavy atom. The van der Waals surface area contributed by atoms with Gasteiger partial charge in [0, 0.05) is 48.9 Å². The molecule has 6 N–H and O–H groups in total. The number of benzene rings is 2. The molecular formula is C45H52F3N7O7S. The van der Waals surface area contributed by atoms with Gasteiger partial charge in [-0.2, -0.15) is 13.2 Å². The molecule has 4 aliphatic rings. The number of piperidine rings is 1. The van der Waals surface area contributed by atoms with Crippen LogP contribution in [0.25, 0.3) is 10.2 Å². The summed E-state index contributed by atoms with van der Waals surface area (Å²) in [5, 5.41) is 32.0. The smallest absolute Gasteiger partial charge is 0.433 e. The van der Waals surface area contributed by atoms with E-state index in [0.717, 1.165) is 46.6 Å². The van der Waals surface area contributed by atoms with Crippen LogP contribution in [-0.2, 0) is 21.4 Å². The van der Waals surface area contributed by atoms with Crippen LogP contribution in [0.1, 0.15) is 131 Å². The lowest BCUT2D eigenvalue weighted by molar-refractivity contribution is -0.141. The van der Waals surface area contributed by atoms with Crippen LogP contribution < -0.4 is 21.3 Å². The lowest BCUT2D eigenvalue weighted by atomic mass is 9.57. The maximum atomic E-state index is 13.0. The van der Waals surface area contributed by atoms with Gasteiger partial charge in [0.25, 0.3) is 11.8 Å². The number of nitrogens with zero attached hydrogens (tertiary/aromatic N) is 3. The van der Waals surface area contributed by atoms with Crippen molar-refractivity contribution in [3.63, 3.8) is 0 Å². The second-order valence-corrected chi connectivity index (χ2v) is 18.9. The average molecular weight is 892 g/mol. The largest absolute Gasteiger partial charge is 0.478 e. The number of nitrogens with one attached hydrogen (secondary N) is 4. The summed E-state index contributed by atoms with van der Waals surface area (Å²) in [7, 11) is 2.14. The van der Waals surface area contributed by atoms with Gasteiger partial charge >= 0.3 is 12.1 Å². The molecule has 2 aliphatic carbocycles. The summed E-state index contributed by atoms with van der Waals surface area (Å²) in [4.78, 5) is 71.1. The summed E-state index contributed by atoms with van der Waals surface area (Å²) in [5.41, 5.74) is -0.508. The lowest BCUT2D eigenvalue weighted by Crippen LogP contribution is -2.60. The van der Waals surface area contributed by atoms with Crippen LogP contribution >= 0.6 is 11.3 Å². The van der Waals surface area contributed by atoms with E-state index in [1.54, 1.807) is 49.4 Å². The molecule has 8 rings (SSSR count). The number of rotatable bonds is 11. The average Bonchev–Trinajstić information content (AvgIpc) is 3.63. The monoisotopic (exact) mass is 891 g/mol. The number of alkyl halides is 3. The zero-order chi connectivity index (χ0) is 45.3. The Balaban J connectivity index is 0.000000189. The third kappa shape index (κ3) is 10.7. The summed E-state index contributed by atoms with van der Waals surface area (Å²) < 4.78 is 39.8. The van der Waals surface area contributed by atoms with Crippen molar-refractivity contribution in [3.8, 4) is 0 Å². The first-order valence-corrected chi connectivity index (χ1v) is 22.1. The van der Waals surface area contributed by atoms with E-state index in [0.29, 0.717) is 40.7 Å². The molecule has 2 aromatic carbocycles. The summed E-state index contributed by atoms with van der Waals surface area (Å²) >= 11 is 1.56. The van der Waals surface area contributed by atoms with Crippen molar-refractivity contribution in [3.05, 3.63) is 81.6 Å².